The summed E-state index contributed by atoms with van der Waals surface area (Å²) in [5.41, 5.74) is 8.36. The van der Waals surface area contributed by atoms with Crippen LogP contribution in [0.15, 0.2) is 52.8 Å². The zero-order valence-electron chi connectivity index (χ0n) is 16.5. The van der Waals surface area contributed by atoms with Crippen molar-refractivity contribution in [2.75, 3.05) is 26.2 Å². The smallest absolute Gasteiger partial charge is 0.258 e. The van der Waals surface area contributed by atoms with Gasteiger partial charge in [0.2, 0.25) is 5.91 Å². The number of fused-ring (bicyclic) bond motifs is 1. The number of carbonyl (C=O) groups is 1. The zero-order valence-corrected chi connectivity index (χ0v) is 17.3. The standard InChI is InChI=1S/C21H24N6O2S/c28-19-12-16(22-21-27(19)10-11-30-21)14-25-6-8-26(9-7-25)20(29)18-13-17(23-24-18)15-4-2-1-3-5-15/h1-5,10-12,17-18,23-24H,6-9,13-14H2. The van der Waals surface area contributed by atoms with Crippen LogP contribution in [0.4, 0.5) is 0 Å². The molecule has 9 heteroatoms. The Balaban J connectivity index is 1.16. The van der Waals surface area contributed by atoms with E-state index >= 15 is 0 Å². The van der Waals surface area contributed by atoms with Crippen molar-refractivity contribution in [3.05, 3.63) is 69.6 Å². The van der Waals surface area contributed by atoms with Gasteiger partial charge in [-0.1, -0.05) is 30.3 Å². The van der Waals surface area contributed by atoms with Crippen molar-refractivity contribution < 1.29 is 4.79 Å². The molecule has 30 heavy (non-hydrogen) atoms. The minimum atomic E-state index is -0.204. The molecule has 2 unspecified atom stereocenters. The number of nitrogens with one attached hydrogen (secondary N) is 2. The van der Waals surface area contributed by atoms with Crippen molar-refractivity contribution in [2.24, 2.45) is 0 Å². The molecule has 3 aromatic rings. The Morgan fingerprint density at radius 1 is 1.13 bits per heavy atom. The molecule has 5 rings (SSSR count). The highest BCUT2D eigenvalue weighted by Crippen LogP contribution is 2.23. The second-order valence-electron chi connectivity index (χ2n) is 7.78. The minimum Gasteiger partial charge on any atom is -0.339 e. The number of hydrogen-bond donors (Lipinski definition) is 2. The lowest BCUT2D eigenvalue weighted by molar-refractivity contribution is -0.135. The Bertz CT molecular complexity index is 1090. The third kappa shape index (κ3) is 3.89. The molecule has 2 saturated heterocycles. The minimum absolute atomic E-state index is 0.0437. The molecule has 2 aliphatic heterocycles. The maximum Gasteiger partial charge on any atom is 0.258 e. The Kier molecular flexibility index (Phi) is 5.34. The first-order valence-corrected chi connectivity index (χ1v) is 11.1. The average molecular weight is 425 g/mol. The molecule has 2 fully saturated rings. The summed E-state index contributed by atoms with van der Waals surface area (Å²) in [4.78, 5) is 34.6. The molecule has 2 aliphatic rings. The summed E-state index contributed by atoms with van der Waals surface area (Å²) >= 11 is 1.46. The van der Waals surface area contributed by atoms with E-state index in [1.54, 1.807) is 16.7 Å². The summed E-state index contributed by atoms with van der Waals surface area (Å²) in [6.07, 6.45) is 2.50. The Hall–Kier alpha value is -2.59. The molecule has 156 valence electrons. The number of piperazine rings is 1. The second-order valence-corrected chi connectivity index (χ2v) is 8.66. The van der Waals surface area contributed by atoms with Crippen molar-refractivity contribution in [1.82, 2.24) is 30.0 Å². The monoisotopic (exact) mass is 424 g/mol. The quantitative estimate of drug-likeness (QED) is 0.651. The molecule has 0 bridgehead atoms. The third-order valence-electron chi connectivity index (χ3n) is 5.83. The van der Waals surface area contributed by atoms with E-state index in [4.69, 9.17) is 0 Å². The van der Waals surface area contributed by atoms with E-state index in [1.165, 1.54) is 16.9 Å². The van der Waals surface area contributed by atoms with Gasteiger partial charge in [-0.05, 0) is 12.0 Å². The van der Waals surface area contributed by atoms with Crippen molar-refractivity contribution in [3.8, 4) is 0 Å². The summed E-state index contributed by atoms with van der Waals surface area (Å²) in [6, 6.07) is 11.8. The number of carbonyl (C=O) groups excluding carboxylic acids is 1. The van der Waals surface area contributed by atoms with E-state index in [9.17, 15) is 9.59 Å². The van der Waals surface area contributed by atoms with Crippen LogP contribution in [-0.4, -0.2) is 57.3 Å². The van der Waals surface area contributed by atoms with Crippen LogP contribution in [0, 0.1) is 0 Å². The van der Waals surface area contributed by atoms with Crippen molar-refractivity contribution in [1.29, 1.82) is 0 Å². The molecule has 0 aliphatic carbocycles. The summed E-state index contributed by atoms with van der Waals surface area (Å²) in [6.45, 7) is 3.56. The number of aromatic nitrogens is 2. The summed E-state index contributed by atoms with van der Waals surface area (Å²) in [7, 11) is 0. The van der Waals surface area contributed by atoms with Crippen LogP contribution in [0.3, 0.4) is 0 Å². The highest BCUT2D eigenvalue weighted by molar-refractivity contribution is 7.15. The second kappa shape index (κ2) is 8.27. The average Bonchev–Trinajstić information content (AvgIpc) is 3.45. The van der Waals surface area contributed by atoms with Gasteiger partial charge in [-0.3, -0.25) is 18.9 Å². The van der Waals surface area contributed by atoms with E-state index in [0.717, 1.165) is 30.2 Å². The van der Waals surface area contributed by atoms with Gasteiger partial charge in [-0.25, -0.2) is 15.8 Å². The maximum absolute atomic E-state index is 13.0. The fraction of sp³-hybridized carbons (Fsp3) is 0.381. The molecule has 4 heterocycles. The lowest BCUT2D eigenvalue weighted by Crippen LogP contribution is -2.53. The Morgan fingerprint density at radius 3 is 2.73 bits per heavy atom. The van der Waals surface area contributed by atoms with Gasteiger partial charge < -0.3 is 4.90 Å². The van der Waals surface area contributed by atoms with Gasteiger partial charge >= 0.3 is 0 Å². The summed E-state index contributed by atoms with van der Waals surface area (Å²) in [5, 5.41) is 1.87. The van der Waals surface area contributed by atoms with Crippen LogP contribution < -0.4 is 16.4 Å². The van der Waals surface area contributed by atoms with Crippen LogP contribution in [0.25, 0.3) is 4.96 Å². The fourth-order valence-corrected chi connectivity index (χ4v) is 4.91. The number of rotatable bonds is 4. The lowest BCUT2D eigenvalue weighted by Gasteiger charge is -2.35. The van der Waals surface area contributed by atoms with Crippen LogP contribution in [-0.2, 0) is 11.3 Å². The van der Waals surface area contributed by atoms with Crippen molar-refractivity contribution >= 4 is 22.2 Å². The Labute approximate surface area is 178 Å². The molecule has 0 radical (unpaired) electrons. The van der Waals surface area contributed by atoms with Crippen LogP contribution >= 0.6 is 11.3 Å². The first-order chi connectivity index (χ1) is 14.7. The Morgan fingerprint density at radius 2 is 1.93 bits per heavy atom. The number of hydrogen-bond acceptors (Lipinski definition) is 7. The van der Waals surface area contributed by atoms with E-state index in [2.05, 4.69) is 32.9 Å². The number of thiazole rings is 1. The predicted octanol–water partition coefficient (Wildman–Crippen LogP) is 1.01. The molecule has 2 N–H and O–H groups in total. The number of nitrogens with zero attached hydrogens (tertiary/aromatic N) is 4. The zero-order chi connectivity index (χ0) is 20.5. The van der Waals surface area contributed by atoms with E-state index in [-0.39, 0.29) is 23.6 Å². The molecule has 1 aromatic carbocycles. The van der Waals surface area contributed by atoms with Gasteiger partial charge in [0.25, 0.3) is 5.56 Å². The maximum atomic E-state index is 13.0. The van der Waals surface area contributed by atoms with Crippen molar-refractivity contribution in [2.45, 2.75) is 25.0 Å². The van der Waals surface area contributed by atoms with Gasteiger partial charge in [0.15, 0.2) is 4.96 Å². The van der Waals surface area contributed by atoms with Gasteiger partial charge in [-0.15, -0.1) is 11.3 Å². The summed E-state index contributed by atoms with van der Waals surface area (Å²) < 4.78 is 1.57. The van der Waals surface area contributed by atoms with E-state index in [0.29, 0.717) is 19.6 Å². The SMILES string of the molecule is O=C(C1CC(c2ccccc2)NN1)N1CCN(Cc2cc(=O)n3ccsc3n2)CC1. The van der Waals surface area contributed by atoms with Gasteiger partial charge in [0, 0.05) is 56.4 Å². The normalized spacial score (nSPS) is 22.6. The first kappa shape index (κ1) is 19.4. The van der Waals surface area contributed by atoms with Gasteiger partial charge in [0.1, 0.15) is 6.04 Å². The highest BCUT2D eigenvalue weighted by atomic mass is 32.1. The first-order valence-electron chi connectivity index (χ1n) is 10.2. The lowest BCUT2D eigenvalue weighted by atomic mass is 10.0. The van der Waals surface area contributed by atoms with Crippen molar-refractivity contribution in [3.63, 3.8) is 0 Å². The molecule has 2 atom stereocenters. The highest BCUT2D eigenvalue weighted by Gasteiger charge is 2.34. The third-order valence-corrected chi connectivity index (χ3v) is 6.59. The number of amides is 1. The molecule has 8 nitrogen and oxygen atoms in total. The van der Waals surface area contributed by atoms with Crippen LogP contribution in [0.5, 0.6) is 0 Å². The number of benzene rings is 1. The van der Waals surface area contributed by atoms with Gasteiger partial charge in [0.05, 0.1) is 5.69 Å². The topological polar surface area (TPSA) is 82.0 Å². The van der Waals surface area contributed by atoms with Crippen LogP contribution in [0.2, 0.25) is 0 Å². The molecule has 2 aromatic heterocycles. The van der Waals surface area contributed by atoms with E-state index in [1.807, 2.05) is 28.5 Å². The van der Waals surface area contributed by atoms with Crippen LogP contribution in [0.1, 0.15) is 23.7 Å². The number of hydrazine groups is 1. The molecular formula is C21H24N6O2S. The molecule has 1 amide bonds. The van der Waals surface area contributed by atoms with Gasteiger partial charge in [-0.2, -0.15) is 0 Å². The predicted molar refractivity (Wildman–Crippen MR) is 115 cm³/mol. The summed E-state index contributed by atoms with van der Waals surface area (Å²) in [5.74, 6) is 0.150. The molecule has 0 saturated carbocycles. The van der Waals surface area contributed by atoms with E-state index < -0.39 is 0 Å². The fourth-order valence-electron chi connectivity index (χ4n) is 4.17. The largest absolute Gasteiger partial charge is 0.339 e. The molecule has 0 spiro atoms. The molecular weight excluding hydrogens is 400 g/mol.